The van der Waals surface area contributed by atoms with Crippen molar-refractivity contribution in [3.8, 4) is 0 Å². The molecule has 0 saturated carbocycles. The van der Waals surface area contributed by atoms with Gasteiger partial charge in [0.05, 0.1) is 4.90 Å². The Morgan fingerprint density at radius 1 is 1.26 bits per heavy atom. The number of carbonyl (C=O) groups is 1. The van der Waals surface area contributed by atoms with Crippen molar-refractivity contribution in [2.75, 3.05) is 6.54 Å². The molecule has 0 fully saturated rings. The number of benzene rings is 1. The molecule has 130 valence electrons. The Morgan fingerprint density at radius 2 is 1.83 bits per heavy atom. The SMILES string of the molecule is CC(C)(C)OC(=O)NCC(O)C(O)c1ccccc1S(=O)(=O)O. The van der Waals surface area contributed by atoms with Gasteiger partial charge in [0.2, 0.25) is 0 Å². The number of aliphatic hydroxyl groups is 2. The van der Waals surface area contributed by atoms with Crippen LogP contribution < -0.4 is 5.32 Å². The average molecular weight is 347 g/mol. The Bertz CT molecular complexity index is 651. The summed E-state index contributed by atoms with van der Waals surface area (Å²) in [5.74, 6) is 0. The van der Waals surface area contributed by atoms with Gasteiger partial charge in [-0.15, -0.1) is 0 Å². The van der Waals surface area contributed by atoms with Crippen LogP contribution >= 0.6 is 0 Å². The zero-order chi connectivity index (χ0) is 17.8. The highest BCUT2D eigenvalue weighted by Gasteiger charge is 2.26. The molecule has 8 nitrogen and oxygen atoms in total. The Morgan fingerprint density at radius 3 is 2.35 bits per heavy atom. The van der Waals surface area contributed by atoms with Gasteiger partial charge in [-0.25, -0.2) is 4.79 Å². The van der Waals surface area contributed by atoms with Crippen LogP contribution in [0.4, 0.5) is 4.79 Å². The first kappa shape index (κ1) is 19.4. The number of alkyl carbamates (subject to hydrolysis) is 1. The van der Waals surface area contributed by atoms with Gasteiger partial charge in [0.1, 0.15) is 17.8 Å². The monoisotopic (exact) mass is 347 g/mol. The first-order valence-corrected chi connectivity index (χ1v) is 8.25. The molecule has 0 radical (unpaired) electrons. The quantitative estimate of drug-likeness (QED) is 0.580. The second-order valence-corrected chi connectivity index (χ2v) is 7.30. The molecule has 2 atom stereocenters. The zero-order valence-corrected chi connectivity index (χ0v) is 13.9. The van der Waals surface area contributed by atoms with Crippen LogP contribution in [0.25, 0.3) is 0 Å². The van der Waals surface area contributed by atoms with Crippen LogP contribution in [0.1, 0.15) is 32.4 Å². The third kappa shape index (κ3) is 6.14. The summed E-state index contributed by atoms with van der Waals surface area (Å²) < 4.78 is 36.7. The minimum atomic E-state index is -4.55. The molecule has 2 unspecified atom stereocenters. The van der Waals surface area contributed by atoms with Crippen molar-refractivity contribution in [3.63, 3.8) is 0 Å². The van der Waals surface area contributed by atoms with Crippen molar-refractivity contribution in [1.29, 1.82) is 0 Å². The predicted molar refractivity (Wildman–Crippen MR) is 81.5 cm³/mol. The normalized spacial score (nSPS) is 14.9. The molecule has 0 aliphatic heterocycles. The fourth-order valence-corrected chi connectivity index (χ4v) is 2.52. The van der Waals surface area contributed by atoms with E-state index in [1.807, 2.05) is 0 Å². The third-order valence-corrected chi connectivity index (χ3v) is 3.66. The maximum Gasteiger partial charge on any atom is 0.407 e. The van der Waals surface area contributed by atoms with Crippen molar-refractivity contribution in [3.05, 3.63) is 29.8 Å². The molecule has 23 heavy (non-hydrogen) atoms. The molecule has 0 aromatic heterocycles. The molecular formula is C14H21NO7S. The van der Waals surface area contributed by atoms with Crippen LogP contribution in [0.15, 0.2) is 29.2 Å². The average Bonchev–Trinajstić information content (AvgIpc) is 2.41. The number of aliphatic hydroxyl groups excluding tert-OH is 2. The number of rotatable bonds is 5. The fraction of sp³-hybridized carbons (Fsp3) is 0.500. The van der Waals surface area contributed by atoms with E-state index in [1.165, 1.54) is 18.2 Å². The van der Waals surface area contributed by atoms with Gasteiger partial charge in [-0.05, 0) is 26.8 Å². The molecule has 1 rings (SSSR count). The van der Waals surface area contributed by atoms with Crippen molar-refractivity contribution in [2.24, 2.45) is 0 Å². The smallest absolute Gasteiger partial charge is 0.407 e. The van der Waals surface area contributed by atoms with Crippen LogP contribution in [0, 0.1) is 0 Å². The van der Waals surface area contributed by atoms with E-state index in [1.54, 1.807) is 20.8 Å². The lowest BCUT2D eigenvalue weighted by atomic mass is 10.0. The van der Waals surface area contributed by atoms with E-state index in [9.17, 15) is 23.4 Å². The van der Waals surface area contributed by atoms with Gasteiger partial charge in [-0.1, -0.05) is 18.2 Å². The molecule has 0 bridgehead atoms. The van der Waals surface area contributed by atoms with E-state index < -0.39 is 38.9 Å². The first-order chi connectivity index (χ1) is 10.4. The summed E-state index contributed by atoms with van der Waals surface area (Å²) in [5, 5.41) is 22.2. The number of hydrogen-bond acceptors (Lipinski definition) is 6. The second kappa shape index (κ2) is 7.26. The van der Waals surface area contributed by atoms with Crippen LogP contribution in [0.5, 0.6) is 0 Å². The highest BCUT2D eigenvalue weighted by Crippen LogP contribution is 2.24. The summed E-state index contributed by atoms with van der Waals surface area (Å²) in [5.41, 5.74) is -0.890. The van der Waals surface area contributed by atoms with E-state index in [4.69, 9.17) is 9.29 Å². The van der Waals surface area contributed by atoms with Crippen molar-refractivity contribution in [2.45, 2.75) is 43.5 Å². The van der Waals surface area contributed by atoms with Gasteiger partial charge < -0.3 is 20.3 Å². The van der Waals surface area contributed by atoms with Gasteiger partial charge in [0.25, 0.3) is 10.1 Å². The minimum absolute atomic E-state index is 0.173. The molecule has 0 aliphatic rings. The second-order valence-electron chi connectivity index (χ2n) is 5.91. The Labute approximate surface area is 134 Å². The summed E-state index contributed by atoms with van der Waals surface area (Å²) in [7, 11) is -4.55. The molecule has 0 heterocycles. The van der Waals surface area contributed by atoms with Gasteiger partial charge in [-0.2, -0.15) is 8.42 Å². The lowest BCUT2D eigenvalue weighted by molar-refractivity contribution is 0.0115. The van der Waals surface area contributed by atoms with Crippen LogP contribution in [0.3, 0.4) is 0 Å². The highest BCUT2D eigenvalue weighted by atomic mass is 32.2. The molecule has 9 heteroatoms. The number of hydrogen-bond donors (Lipinski definition) is 4. The van der Waals surface area contributed by atoms with Crippen molar-refractivity contribution >= 4 is 16.2 Å². The molecule has 0 saturated heterocycles. The van der Waals surface area contributed by atoms with Gasteiger partial charge >= 0.3 is 6.09 Å². The summed E-state index contributed by atoms with van der Waals surface area (Å²) in [6.45, 7) is 4.64. The van der Waals surface area contributed by atoms with Crippen LogP contribution in [-0.4, -0.2) is 47.5 Å². The fourth-order valence-electron chi connectivity index (χ4n) is 1.78. The van der Waals surface area contributed by atoms with E-state index in [-0.39, 0.29) is 12.1 Å². The number of carbonyl (C=O) groups excluding carboxylic acids is 1. The third-order valence-electron chi connectivity index (χ3n) is 2.73. The molecular weight excluding hydrogens is 326 g/mol. The summed E-state index contributed by atoms with van der Waals surface area (Å²) in [6.07, 6.45) is -3.90. The van der Waals surface area contributed by atoms with Gasteiger partial charge in [0, 0.05) is 12.1 Å². The van der Waals surface area contributed by atoms with Crippen LogP contribution in [0.2, 0.25) is 0 Å². The van der Waals surface area contributed by atoms with Crippen LogP contribution in [-0.2, 0) is 14.9 Å². The zero-order valence-electron chi connectivity index (χ0n) is 13.1. The summed E-state index contributed by atoms with van der Waals surface area (Å²) in [4.78, 5) is 11.0. The highest BCUT2D eigenvalue weighted by molar-refractivity contribution is 7.85. The summed E-state index contributed by atoms with van der Waals surface area (Å²) in [6, 6.07) is 5.16. The van der Waals surface area contributed by atoms with E-state index in [2.05, 4.69) is 5.32 Å². The van der Waals surface area contributed by atoms with Crippen molar-refractivity contribution < 1.29 is 32.7 Å². The minimum Gasteiger partial charge on any atom is -0.444 e. The standard InChI is InChI=1S/C14H21NO7S/c1-14(2,3)22-13(18)15-8-10(16)12(17)9-6-4-5-7-11(9)23(19,20)21/h4-7,10,12,16-17H,8H2,1-3H3,(H,15,18)(H,19,20,21). The molecule has 1 aromatic rings. The number of amides is 1. The van der Waals surface area contributed by atoms with E-state index >= 15 is 0 Å². The maximum atomic E-state index is 11.5. The lowest BCUT2D eigenvalue weighted by Crippen LogP contribution is -2.39. The summed E-state index contributed by atoms with van der Waals surface area (Å²) >= 11 is 0. The topological polar surface area (TPSA) is 133 Å². The maximum absolute atomic E-state index is 11.5. The lowest BCUT2D eigenvalue weighted by Gasteiger charge is -2.23. The largest absolute Gasteiger partial charge is 0.444 e. The molecule has 0 aliphatic carbocycles. The van der Waals surface area contributed by atoms with E-state index in [0.29, 0.717) is 0 Å². The molecule has 0 spiro atoms. The predicted octanol–water partition coefficient (Wildman–Crippen LogP) is 0.852. The Balaban J connectivity index is 2.79. The van der Waals surface area contributed by atoms with Gasteiger partial charge in [-0.3, -0.25) is 4.55 Å². The Kier molecular flexibility index (Phi) is 6.11. The molecule has 1 aromatic carbocycles. The number of nitrogens with one attached hydrogen (secondary N) is 1. The van der Waals surface area contributed by atoms with Crippen molar-refractivity contribution in [1.82, 2.24) is 5.32 Å². The van der Waals surface area contributed by atoms with E-state index in [0.717, 1.165) is 6.07 Å². The molecule has 4 N–H and O–H groups in total. The van der Waals surface area contributed by atoms with Gasteiger partial charge in [0.15, 0.2) is 0 Å². The number of ether oxygens (including phenoxy) is 1. The Hall–Kier alpha value is -1.68. The first-order valence-electron chi connectivity index (χ1n) is 6.81. The molecule has 1 amide bonds.